The minimum absolute atomic E-state index is 0.695. The summed E-state index contributed by atoms with van der Waals surface area (Å²) in [4.78, 5) is 13.2. The Bertz CT molecular complexity index is 736. The molecule has 2 aromatic heterocycles. The second-order valence-electron chi connectivity index (χ2n) is 5.70. The van der Waals surface area contributed by atoms with Gasteiger partial charge in [-0.2, -0.15) is 5.10 Å². The maximum Gasteiger partial charge on any atom is 0.164 e. The molecule has 3 heterocycles. The van der Waals surface area contributed by atoms with Gasteiger partial charge in [0.2, 0.25) is 0 Å². The van der Waals surface area contributed by atoms with E-state index in [1.807, 2.05) is 23.7 Å². The van der Waals surface area contributed by atoms with Crippen molar-refractivity contribution in [3.63, 3.8) is 0 Å². The van der Waals surface area contributed by atoms with E-state index in [0.717, 1.165) is 55.4 Å². The van der Waals surface area contributed by atoms with Crippen molar-refractivity contribution in [2.24, 2.45) is 0 Å². The lowest BCUT2D eigenvalue weighted by atomic mass is 10.2. The molecule has 3 rings (SSSR count). The quantitative estimate of drug-likeness (QED) is 0.773. The summed E-state index contributed by atoms with van der Waals surface area (Å²) in [7, 11) is 4.00. The van der Waals surface area contributed by atoms with E-state index >= 15 is 0 Å². The fourth-order valence-electron chi connectivity index (χ4n) is 2.60. The van der Waals surface area contributed by atoms with Crippen LogP contribution in [0.15, 0.2) is 6.33 Å². The number of aromatic nitrogens is 4. The van der Waals surface area contributed by atoms with Gasteiger partial charge in [0.1, 0.15) is 17.8 Å². The summed E-state index contributed by atoms with van der Waals surface area (Å²) in [6.07, 6.45) is 1.61. The number of rotatable bonds is 3. The molecule has 1 aliphatic rings. The molecule has 2 aromatic rings. The summed E-state index contributed by atoms with van der Waals surface area (Å²) in [6.45, 7) is 6.60. The van der Waals surface area contributed by atoms with Crippen molar-refractivity contribution in [1.29, 1.82) is 0 Å². The summed E-state index contributed by atoms with van der Waals surface area (Å²) in [5, 5.41) is 5.57. The fraction of sp³-hybridized carbons (Fsp3) is 0.562. The average Bonchev–Trinajstić information content (AvgIpc) is 2.93. The number of hydrogen-bond donors (Lipinski definition) is 0. The highest BCUT2D eigenvalue weighted by molar-refractivity contribution is 5.92. The number of anilines is 1. The maximum absolute atomic E-state index is 5.44. The Morgan fingerprint density at radius 1 is 1.26 bits per heavy atom. The second kappa shape index (κ2) is 6.94. The van der Waals surface area contributed by atoms with E-state index in [4.69, 9.17) is 4.74 Å². The monoisotopic (exact) mass is 314 g/mol. The van der Waals surface area contributed by atoms with Gasteiger partial charge in [0.25, 0.3) is 0 Å². The zero-order valence-electron chi connectivity index (χ0n) is 13.9. The molecule has 1 saturated heterocycles. The van der Waals surface area contributed by atoms with Crippen LogP contribution in [0.4, 0.5) is 5.82 Å². The van der Waals surface area contributed by atoms with Crippen LogP contribution in [0, 0.1) is 11.8 Å². The summed E-state index contributed by atoms with van der Waals surface area (Å²) in [5.74, 6) is 7.26. The molecule has 0 aliphatic carbocycles. The number of nitrogens with zero attached hydrogens (tertiary/aromatic N) is 6. The summed E-state index contributed by atoms with van der Waals surface area (Å²) in [6, 6.07) is 0. The van der Waals surface area contributed by atoms with Gasteiger partial charge in [0, 0.05) is 19.6 Å². The van der Waals surface area contributed by atoms with Crippen molar-refractivity contribution in [2.45, 2.75) is 13.5 Å². The van der Waals surface area contributed by atoms with Crippen molar-refractivity contribution in [2.75, 3.05) is 51.8 Å². The third-order valence-electron chi connectivity index (χ3n) is 3.72. The standard InChI is InChI=1S/C16H22N6O/c1-4-22-16-14(13(19-22)6-5-7-20(2)3)15(17-12-18-16)21-8-10-23-11-9-21/h12H,4,7-11H2,1-3H3. The molecule has 1 fully saturated rings. The Balaban J connectivity index is 2.08. The van der Waals surface area contributed by atoms with Crippen LogP contribution < -0.4 is 4.90 Å². The Hall–Kier alpha value is -2.17. The molecule has 0 spiro atoms. The van der Waals surface area contributed by atoms with Gasteiger partial charge in [-0.15, -0.1) is 0 Å². The van der Waals surface area contributed by atoms with Crippen molar-refractivity contribution in [1.82, 2.24) is 24.6 Å². The largest absolute Gasteiger partial charge is 0.378 e. The molecule has 7 heteroatoms. The molecule has 0 atom stereocenters. The Kier molecular flexibility index (Phi) is 4.74. The number of aryl methyl sites for hydroxylation is 1. The molecule has 122 valence electrons. The predicted molar refractivity (Wildman–Crippen MR) is 89.5 cm³/mol. The molecule has 1 aliphatic heterocycles. The van der Waals surface area contributed by atoms with Crippen LogP contribution in [0.3, 0.4) is 0 Å². The van der Waals surface area contributed by atoms with E-state index in [9.17, 15) is 0 Å². The smallest absolute Gasteiger partial charge is 0.164 e. The molecule has 0 bridgehead atoms. The maximum atomic E-state index is 5.44. The molecule has 0 aromatic carbocycles. The zero-order valence-corrected chi connectivity index (χ0v) is 13.9. The normalized spacial score (nSPS) is 15.0. The molecular formula is C16H22N6O. The van der Waals surface area contributed by atoms with Gasteiger partial charge in [0.15, 0.2) is 5.65 Å². The Labute approximate surface area is 136 Å². The topological polar surface area (TPSA) is 59.3 Å². The minimum atomic E-state index is 0.695. The molecule has 0 saturated carbocycles. The first-order valence-corrected chi connectivity index (χ1v) is 7.88. The zero-order chi connectivity index (χ0) is 16.2. The van der Waals surface area contributed by atoms with Gasteiger partial charge in [-0.05, 0) is 26.9 Å². The molecule has 23 heavy (non-hydrogen) atoms. The number of hydrogen-bond acceptors (Lipinski definition) is 6. The Morgan fingerprint density at radius 2 is 2.04 bits per heavy atom. The number of morpholine rings is 1. The van der Waals surface area contributed by atoms with Crippen LogP contribution in [-0.4, -0.2) is 71.6 Å². The number of fused-ring (bicyclic) bond motifs is 1. The van der Waals surface area contributed by atoms with E-state index in [-0.39, 0.29) is 0 Å². The lowest BCUT2D eigenvalue weighted by Crippen LogP contribution is -2.36. The van der Waals surface area contributed by atoms with Crippen LogP contribution in [0.5, 0.6) is 0 Å². The van der Waals surface area contributed by atoms with E-state index in [1.165, 1.54) is 0 Å². The third-order valence-corrected chi connectivity index (χ3v) is 3.72. The van der Waals surface area contributed by atoms with Crippen LogP contribution in [0.1, 0.15) is 12.6 Å². The van der Waals surface area contributed by atoms with Crippen molar-refractivity contribution in [3.8, 4) is 11.8 Å². The molecule has 0 N–H and O–H groups in total. The Morgan fingerprint density at radius 3 is 2.74 bits per heavy atom. The van der Waals surface area contributed by atoms with Crippen LogP contribution in [0.2, 0.25) is 0 Å². The highest BCUT2D eigenvalue weighted by Crippen LogP contribution is 2.26. The SMILES string of the molecule is CCn1nc(C#CCN(C)C)c2c(N3CCOCC3)ncnc21. The molecule has 7 nitrogen and oxygen atoms in total. The van der Waals surface area contributed by atoms with Crippen LogP contribution in [0.25, 0.3) is 11.0 Å². The van der Waals surface area contributed by atoms with Gasteiger partial charge in [-0.1, -0.05) is 5.92 Å². The second-order valence-corrected chi connectivity index (χ2v) is 5.70. The molecule has 0 radical (unpaired) electrons. The van der Waals surface area contributed by atoms with Crippen molar-refractivity contribution in [3.05, 3.63) is 12.0 Å². The van der Waals surface area contributed by atoms with Crippen molar-refractivity contribution < 1.29 is 4.74 Å². The van der Waals surface area contributed by atoms with Crippen LogP contribution in [-0.2, 0) is 11.3 Å². The fourth-order valence-corrected chi connectivity index (χ4v) is 2.60. The third kappa shape index (κ3) is 3.28. The number of ether oxygens (including phenoxy) is 1. The summed E-state index contributed by atoms with van der Waals surface area (Å²) in [5.41, 5.74) is 1.60. The first-order chi connectivity index (χ1) is 11.2. The van der Waals surface area contributed by atoms with Gasteiger partial charge >= 0.3 is 0 Å². The first-order valence-electron chi connectivity index (χ1n) is 7.88. The molecule has 0 unspecified atom stereocenters. The average molecular weight is 314 g/mol. The molecular weight excluding hydrogens is 292 g/mol. The van der Waals surface area contributed by atoms with E-state index in [2.05, 4.69) is 38.7 Å². The van der Waals surface area contributed by atoms with Gasteiger partial charge in [-0.25, -0.2) is 14.6 Å². The van der Waals surface area contributed by atoms with Gasteiger partial charge in [0.05, 0.1) is 25.1 Å². The van der Waals surface area contributed by atoms with Crippen LogP contribution >= 0.6 is 0 Å². The van der Waals surface area contributed by atoms with Crippen molar-refractivity contribution >= 4 is 16.9 Å². The molecule has 0 amide bonds. The highest BCUT2D eigenvalue weighted by Gasteiger charge is 2.20. The minimum Gasteiger partial charge on any atom is -0.378 e. The van der Waals surface area contributed by atoms with E-state index in [0.29, 0.717) is 6.54 Å². The van der Waals surface area contributed by atoms with E-state index < -0.39 is 0 Å². The van der Waals surface area contributed by atoms with Gasteiger partial charge < -0.3 is 9.64 Å². The lowest BCUT2D eigenvalue weighted by Gasteiger charge is -2.28. The summed E-state index contributed by atoms with van der Waals surface area (Å²) >= 11 is 0. The first kappa shape index (κ1) is 15.7. The highest BCUT2D eigenvalue weighted by atomic mass is 16.5. The van der Waals surface area contributed by atoms with Gasteiger partial charge in [-0.3, -0.25) is 4.90 Å². The predicted octanol–water partition coefficient (Wildman–Crippen LogP) is 0.596. The lowest BCUT2D eigenvalue weighted by molar-refractivity contribution is 0.122. The summed E-state index contributed by atoms with van der Waals surface area (Å²) < 4.78 is 7.33. The van der Waals surface area contributed by atoms with E-state index in [1.54, 1.807) is 6.33 Å².